The zero-order valence-corrected chi connectivity index (χ0v) is 15.1. The summed E-state index contributed by atoms with van der Waals surface area (Å²) in [5.74, 6) is 1.05. The zero-order chi connectivity index (χ0) is 18.8. The molecule has 27 heavy (non-hydrogen) atoms. The topological polar surface area (TPSA) is 72.5 Å². The maximum Gasteiger partial charge on any atom is 0.257 e. The van der Waals surface area contributed by atoms with Crippen LogP contribution in [0.25, 0.3) is 0 Å². The lowest BCUT2D eigenvalue weighted by Gasteiger charge is -2.12. The number of pyridine rings is 1. The maximum atomic E-state index is 12.6. The van der Waals surface area contributed by atoms with Crippen molar-refractivity contribution in [2.24, 2.45) is 0 Å². The van der Waals surface area contributed by atoms with E-state index in [4.69, 9.17) is 9.47 Å². The van der Waals surface area contributed by atoms with Gasteiger partial charge in [-0.1, -0.05) is 12.1 Å². The van der Waals surface area contributed by atoms with Crippen molar-refractivity contribution in [3.05, 3.63) is 71.5 Å². The Morgan fingerprint density at radius 1 is 1.00 bits per heavy atom. The third-order valence-corrected chi connectivity index (χ3v) is 4.51. The normalized spacial score (nSPS) is 11.9. The number of hydrogen-bond donors (Lipinski definition) is 2. The van der Waals surface area contributed by atoms with Crippen LogP contribution in [0, 0.1) is 13.8 Å². The molecule has 0 unspecified atom stereocenters. The molecule has 6 heteroatoms. The molecule has 0 saturated heterocycles. The summed E-state index contributed by atoms with van der Waals surface area (Å²) in [7, 11) is 0. The number of ether oxygens (including phenoxy) is 2. The molecule has 0 radical (unpaired) electrons. The second kappa shape index (κ2) is 6.99. The van der Waals surface area contributed by atoms with Crippen molar-refractivity contribution >= 4 is 23.0 Å². The first-order valence-corrected chi connectivity index (χ1v) is 8.59. The molecule has 1 aliphatic rings. The number of carbonyl (C=O) groups excluding carboxylic acids is 1. The van der Waals surface area contributed by atoms with E-state index in [-0.39, 0.29) is 12.7 Å². The van der Waals surface area contributed by atoms with Gasteiger partial charge < -0.3 is 20.1 Å². The SMILES string of the molecule is Cc1cccc(Nc2cncc(C(=O)Nc3ccc4c(c3)OCO4)c2)c1C. The molecule has 6 nitrogen and oxygen atoms in total. The molecule has 1 aliphatic heterocycles. The lowest BCUT2D eigenvalue weighted by atomic mass is 10.1. The minimum atomic E-state index is -0.244. The molecule has 4 rings (SSSR count). The highest BCUT2D eigenvalue weighted by molar-refractivity contribution is 6.04. The lowest BCUT2D eigenvalue weighted by Crippen LogP contribution is -2.12. The molecule has 136 valence electrons. The Hall–Kier alpha value is -3.54. The summed E-state index contributed by atoms with van der Waals surface area (Å²) in [6.45, 7) is 4.32. The van der Waals surface area contributed by atoms with E-state index in [0.717, 1.165) is 16.9 Å². The Bertz CT molecular complexity index is 1020. The van der Waals surface area contributed by atoms with Crippen LogP contribution in [0.3, 0.4) is 0 Å². The predicted molar refractivity (Wildman–Crippen MR) is 104 cm³/mol. The minimum absolute atomic E-state index is 0.197. The first-order valence-electron chi connectivity index (χ1n) is 8.59. The molecular formula is C21H19N3O3. The number of nitrogens with one attached hydrogen (secondary N) is 2. The summed E-state index contributed by atoms with van der Waals surface area (Å²) >= 11 is 0. The Morgan fingerprint density at radius 2 is 1.85 bits per heavy atom. The molecule has 2 N–H and O–H groups in total. The quantitative estimate of drug-likeness (QED) is 0.719. The van der Waals surface area contributed by atoms with Crippen molar-refractivity contribution < 1.29 is 14.3 Å². The fraction of sp³-hybridized carbons (Fsp3) is 0.143. The molecule has 0 saturated carbocycles. The summed E-state index contributed by atoms with van der Waals surface area (Å²) in [6, 6.07) is 13.1. The summed E-state index contributed by atoms with van der Waals surface area (Å²) in [5.41, 5.74) is 5.20. The highest BCUT2D eigenvalue weighted by Gasteiger charge is 2.15. The van der Waals surface area contributed by atoms with E-state index >= 15 is 0 Å². The first kappa shape index (κ1) is 16.9. The Kier molecular flexibility index (Phi) is 4.38. The first-order chi connectivity index (χ1) is 13.1. The van der Waals surface area contributed by atoms with Gasteiger partial charge in [0.2, 0.25) is 6.79 Å². The number of aromatic nitrogens is 1. The predicted octanol–water partition coefficient (Wildman–Crippen LogP) is 4.42. The third kappa shape index (κ3) is 3.55. The average Bonchev–Trinajstić information content (AvgIpc) is 3.13. The van der Waals surface area contributed by atoms with E-state index < -0.39 is 0 Å². The third-order valence-electron chi connectivity index (χ3n) is 4.51. The van der Waals surface area contributed by atoms with Gasteiger partial charge in [-0.15, -0.1) is 0 Å². The largest absolute Gasteiger partial charge is 0.454 e. The van der Waals surface area contributed by atoms with Crippen LogP contribution in [0.2, 0.25) is 0 Å². The van der Waals surface area contributed by atoms with Gasteiger partial charge in [0.15, 0.2) is 11.5 Å². The average molecular weight is 361 g/mol. The highest BCUT2D eigenvalue weighted by atomic mass is 16.7. The second-order valence-electron chi connectivity index (χ2n) is 6.36. The van der Waals surface area contributed by atoms with Gasteiger partial charge in [0, 0.05) is 23.6 Å². The van der Waals surface area contributed by atoms with E-state index in [1.54, 1.807) is 30.5 Å². The van der Waals surface area contributed by atoms with Crippen LogP contribution in [0.15, 0.2) is 54.9 Å². The molecule has 0 spiro atoms. The van der Waals surface area contributed by atoms with Crippen molar-refractivity contribution in [1.29, 1.82) is 0 Å². The molecule has 2 aromatic carbocycles. The summed E-state index contributed by atoms with van der Waals surface area (Å²) in [4.78, 5) is 16.8. The summed E-state index contributed by atoms with van der Waals surface area (Å²) < 4.78 is 10.6. The number of amides is 1. The van der Waals surface area contributed by atoms with Crippen molar-refractivity contribution in [2.75, 3.05) is 17.4 Å². The van der Waals surface area contributed by atoms with Gasteiger partial charge in [0.25, 0.3) is 5.91 Å². The summed E-state index contributed by atoms with van der Waals surface area (Å²) in [5, 5.41) is 6.18. The number of anilines is 3. The molecule has 3 aromatic rings. The van der Waals surface area contributed by atoms with E-state index in [0.29, 0.717) is 22.7 Å². The monoisotopic (exact) mass is 361 g/mol. The number of fused-ring (bicyclic) bond motifs is 1. The molecule has 0 atom stereocenters. The number of carbonyl (C=O) groups is 1. The number of hydrogen-bond acceptors (Lipinski definition) is 5. The van der Waals surface area contributed by atoms with E-state index in [1.165, 1.54) is 11.8 Å². The van der Waals surface area contributed by atoms with Gasteiger partial charge >= 0.3 is 0 Å². The van der Waals surface area contributed by atoms with Crippen LogP contribution < -0.4 is 20.1 Å². The molecular weight excluding hydrogens is 342 g/mol. The Labute approximate surface area is 157 Å². The number of aryl methyl sites for hydroxylation is 1. The van der Waals surface area contributed by atoms with Crippen molar-refractivity contribution in [3.63, 3.8) is 0 Å². The van der Waals surface area contributed by atoms with E-state index in [9.17, 15) is 4.79 Å². The van der Waals surface area contributed by atoms with Crippen LogP contribution in [0.1, 0.15) is 21.5 Å². The molecule has 0 fully saturated rings. The maximum absolute atomic E-state index is 12.6. The van der Waals surface area contributed by atoms with Gasteiger partial charge in [0.1, 0.15) is 0 Å². The smallest absolute Gasteiger partial charge is 0.257 e. The number of rotatable bonds is 4. The van der Waals surface area contributed by atoms with E-state index in [2.05, 4.69) is 35.5 Å². The fourth-order valence-corrected chi connectivity index (χ4v) is 2.85. The van der Waals surface area contributed by atoms with Crippen LogP contribution in [0.5, 0.6) is 11.5 Å². The standard InChI is InChI=1S/C21H19N3O3/c1-13-4-3-5-18(14(13)2)23-17-8-15(10-22-11-17)21(25)24-16-6-7-19-20(9-16)27-12-26-19/h3-11,23H,12H2,1-2H3,(H,24,25). The van der Waals surface area contributed by atoms with E-state index in [1.807, 2.05) is 12.1 Å². The molecule has 0 aliphatic carbocycles. The second-order valence-corrected chi connectivity index (χ2v) is 6.36. The molecule has 2 heterocycles. The molecule has 1 amide bonds. The summed E-state index contributed by atoms with van der Waals surface area (Å²) in [6.07, 6.45) is 3.23. The van der Waals surface area contributed by atoms with Crippen LogP contribution in [0.4, 0.5) is 17.1 Å². The minimum Gasteiger partial charge on any atom is -0.454 e. The van der Waals surface area contributed by atoms with Gasteiger partial charge in [-0.3, -0.25) is 9.78 Å². The zero-order valence-electron chi connectivity index (χ0n) is 15.1. The highest BCUT2D eigenvalue weighted by Crippen LogP contribution is 2.34. The van der Waals surface area contributed by atoms with Gasteiger partial charge in [0.05, 0.1) is 17.4 Å². The van der Waals surface area contributed by atoms with Crippen LogP contribution >= 0.6 is 0 Å². The van der Waals surface area contributed by atoms with Crippen molar-refractivity contribution in [2.45, 2.75) is 13.8 Å². The van der Waals surface area contributed by atoms with Crippen molar-refractivity contribution in [3.8, 4) is 11.5 Å². The van der Waals surface area contributed by atoms with Crippen LogP contribution in [-0.4, -0.2) is 17.7 Å². The fourth-order valence-electron chi connectivity index (χ4n) is 2.85. The Morgan fingerprint density at radius 3 is 2.74 bits per heavy atom. The van der Waals surface area contributed by atoms with Crippen molar-refractivity contribution in [1.82, 2.24) is 4.98 Å². The van der Waals surface area contributed by atoms with Gasteiger partial charge in [-0.2, -0.15) is 0 Å². The molecule has 0 bridgehead atoms. The molecule has 1 aromatic heterocycles. The Balaban J connectivity index is 1.51. The van der Waals surface area contributed by atoms with Gasteiger partial charge in [-0.25, -0.2) is 0 Å². The lowest BCUT2D eigenvalue weighted by molar-refractivity contribution is 0.102. The number of nitrogens with zero attached hydrogens (tertiary/aromatic N) is 1. The van der Waals surface area contributed by atoms with Gasteiger partial charge in [-0.05, 0) is 49.2 Å². The van der Waals surface area contributed by atoms with Crippen LogP contribution in [-0.2, 0) is 0 Å². The number of benzene rings is 2.